The zero-order chi connectivity index (χ0) is 13.0. The third-order valence-electron chi connectivity index (χ3n) is 5.89. The maximum Gasteiger partial charge on any atom is 0.340 e. The van der Waals surface area contributed by atoms with Crippen LogP contribution in [-0.4, -0.2) is 21.7 Å². The standard InChI is InChI=1S/C14H22N4O/c15-6-11(13-16-14(19)18-17-13)12-9-2-7-1-8(4-9)5-10(12)3-7/h7-12H,1-6,15H2,(H2,16,17,18,19). The van der Waals surface area contributed by atoms with Crippen LogP contribution in [0.5, 0.6) is 0 Å². The lowest BCUT2D eigenvalue weighted by Crippen LogP contribution is -2.48. The monoisotopic (exact) mass is 262 g/mol. The largest absolute Gasteiger partial charge is 0.340 e. The van der Waals surface area contributed by atoms with E-state index in [1.54, 1.807) is 0 Å². The number of aromatic amines is 2. The molecule has 5 nitrogen and oxygen atoms in total. The van der Waals surface area contributed by atoms with Gasteiger partial charge in [0.1, 0.15) is 5.82 Å². The molecule has 5 rings (SSSR count). The quantitative estimate of drug-likeness (QED) is 0.765. The second-order valence-electron chi connectivity index (χ2n) is 6.91. The van der Waals surface area contributed by atoms with Crippen molar-refractivity contribution in [2.45, 2.75) is 38.0 Å². The molecule has 0 aromatic carbocycles. The number of nitrogens with one attached hydrogen (secondary N) is 2. The molecule has 1 aromatic heterocycles. The summed E-state index contributed by atoms with van der Waals surface area (Å²) in [5, 5.41) is 6.64. The minimum atomic E-state index is -0.211. The maximum atomic E-state index is 11.3. The van der Waals surface area contributed by atoms with Crippen molar-refractivity contribution in [2.24, 2.45) is 35.3 Å². The molecule has 5 heteroatoms. The molecule has 104 valence electrons. The molecule has 1 unspecified atom stereocenters. The summed E-state index contributed by atoms with van der Waals surface area (Å²) in [6.45, 7) is 0.591. The first kappa shape index (κ1) is 11.7. The number of nitrogens with zero attached hydrogens (tertiary/aromatic N) is 1. The molecule has 0 radical (unpaired) electrons. The van der Waals surface area contributed by atoms with Crippen LogP contribution in [-0.2, 0) is 0 Å². The summed E-state index contributed by atoms with van der Waals surface area (Å²) in [5.74, 6) is 5.21. The van der Waals surface area contributed by atoms with Crippen molar-refractivity contribution in [3.63, 3.8) is 0 Å². The Kier molecular flexibility index (Phi) is 2.59. The lowest BCUT2D eigenvalue weighted by atomic mass is 9.49. The summed E-state index contributed by atoms with van der Waals surface area (Å²) < 4.78 is 0. The SMILES string of the molecule is NCC(c1n[nH]c(=O)[nH]1)C1C2CC3CC(C2)CC1C3. The van der Waals surface area contributed by atoms with Gasteiger partial charge in [-0.3, -0.25) is 4.98 Å². The van der Waals surface area contributed by atoms with E-state index in [-0.39, 0.29) is 11.6 Å². The highest BCUT2D eigenvalue weighted by atomic mass is 16.1. The van der Waals surface area contributed by atoms with Gasteiger partial charge in [0.25, 0.3) is 0 Å². The second kappa shape index (κ2) is 4.20. The van der Waals surface area contributed by atoms with E-state index in [4.69, 9.17) is 5.73 Å². The van der Waals surface area contributed by atoms with Crippen LogP contribution in [0, 0.1) is 29.6 Å². The molecule has 4 aliphatic rings. The van der Waals surface area contributed by atoms with Crippen molar-refractivity contribution in [3.8, 4) is 0 Å². The van der Waals surface area contributed by atoms with Gasteiger partial charge in [0.05, 0.1) is 0 Å². The van der Waals surface area contributed by atoms with Gasteiger partial charge in [-0.2, -0.15) is 5.10 Å². The molecule has 19 heavy (non-hydrogen) atoms. The van der Waals surface area contributed by atoms with Crippen molar-refractivity contribution in [1.29, 1.82) is 0 Å². The molecule has 4 fully saturated rings. The van der Waals surface area contributed by atoms with Gasteiger partial charge in [-0.1, -0.05) is 0 Å². The molecule has 0 spiro atoms. The van der Waals surface area contributed by atoms with Gasteiger partial charge < -0.3 is 5.73 Å². The topological polar surface area (TPSA) is 87.6 Å². The van der Waals surface area contributed by atoms with Gasteiger partial charge in [0, 0.05) is 12.5 Å². The number of rotatable bonds is 3. The predicted octanol–water partition coefficient (Wildman–Crippen LogP) is 1.21. The van der Waals surface area contributed by atoms with Crippen molar-refractivity contribution < 1.29 is 0 Å². The summed E-state index contributed by atoms with van der Waals surface area (Å²) in [6.07, 6.45) is 6.98. The Morgan fingerprint density at radius 1 is 1.16 bits per heavy atom. The van der Waals surface area contributed by atoms with E-state index < -0.39 is 0 Å². The Morgan fingerprint density at radius 2 is 1.79 bits per heavy atom. The van der Waals surface area contributed by atoms with Crippen LogP contribution in [0.2, 0.25) is 0 Å². The molecule has 1 heterocycles. The first-order chi connectivity index (χ1) is 9.24. The van der Waals surface area contributed by atoms with E-state index in [1.807, 2.05) is 0 Å². The predicted molar refractivity (Wildman–Crippen MR) is 71.5 cm³/mol. The van der Waals surface area contributed by atoms with Crippen molar-refractivity contribution >= 4 is 0 Å². The molecular weight excluding hydrogens is 240 g/mol. The molecule has 0 amide bonds. The lowest BCUT2D eigenvalue weighted by Gasteiger charge is -2.56. The maximum absolute atomic E-state index is 11.3. The molecule has 0 aliphatic heterocycles. The molecule has 4 saturated carbocycles. The van der Waals surface area contributed by atoms with E-state index in [2.05, 4.69) is 15.2 Å². The zero-order valence-corrected chi connectivity index (χ0v) is 11.1. The van der Waals surface area contributed by atoms with Crippen LogP contribution < -0.4 is 11.4 Å². The summed E-state index contributed by atoms with van der Waals surface area (Å²) >= 11 is 0. The summed E-state index contributed by atoms with van der Waals surface area (Å²) in [4.78, 5) is 14.1. The smallest absolute Gasteiger partial charge is 0.330 e. The number of hydrogen-bond donors (Lipinski definition) is 3. The van der Waals surface area contributed by atoms with Crippen LogP contribution in [0.1, 0.15) is 43.8 Å². The van der Waals surface area contributed by atoms with E-state index in [1.165, 1.54) is 32.1 Å². The fourth-order valence-corrected chi connectivity index (χ4v) is 5.53. The average molecular weight is 262 g/mol. The van der Waals surface area contributed by atoms with Crippen LogP contribution in [0.4, 0.5) is 0 Å². The lowest BCUT2D eigenvalue weighted by molar-refractivity contribution is -0.0477. The summed E-state index contributed by atoms with van der Waals surface area (Å²) in [6, 6.07) is 0. The Hall–Kier alpha value is -1.10. The number of hydrogen-bond acceptors (Lipinski definition) is 3. The van der Waals surface area contributed by atoms with Crippen LogP contribution in [0.15, 0.2) is 4.79 Å². The third-order valence-corrected chi connectivity index (χ3v) is 5.89. The van der Waals surface area contributed by atoms with Crippen molar-refractivity contribution in [1.82, 2.24) is 15.2 Å². The minimum Gasteiger partial charge on any atom is -0.330 e. The highest BCUT2D eigenvalue weighted by Crippen LogP contribution is 2.59. The van der Waals surface area contributed by atoms with E-state index in [9.17, 15) is 4.79 Å². The average Bonchev–Trinajstić information content (AvgIpc) is 2.79. The Balaban J connectivity index is 1.65. The zero-order valence-electron chi connectivity index (χ0n) is 11.1. The molecular formula is C14H22N4O. The Bertz CT molecular complexity index is 492. The normalized spacial score (nSPS) is 41.6. The fourth-order valence-electron chi connectivity index (χ4n) is 5.53. The Morgan fingerprint density at radius 3 is 2.26 bits per heavy atom. The van der Waals surface area contributed by atoms with Gasteiger partial charge in [0.15, 0.2) is 0 Å². The number of nitrogens with two attached hydrogens (primary N) is 1. The highest BCUT2D eigenvalue weighted by Gasteiger charge is 2.50. The van der Waals surface area contributed by atoms with Gasteiger partial charge in [-0.25, -0.2) is 9.89 Å². The van der Waals surface area contributed by atoms with E-state index >= 15 is 0 Å². The second-order valence-corrected chi connectivity index (χ2v) is 6.91. The van der Waals surface area contributed by atoms with Crippen LogP contribution >= 0.6 is 0 Å². The molecule has 1 atom stereocenters. The molecule has 4 N–H and O–H groups in total. The van der Waals surface area contributed by atoms with Crippen LogP contribution in [0.3, 0.4) is 0 Å². The first-order valence-corrected chi connectivity index (χ1v) is 7.59. The molecule has 4 bridgehead atoms. The van der Waals surface area contributed by atoms with E-state index in [0.717, 1.165) is 29.5 Å². The molecule has 0 saturated heterocycles. The van der Waals surface area contributed by atoms with E-state index in [0.29, 0.717) is 12.5 Å². The molecule has 1 aromatic rings. The third kappa shape index (κ3) is 1.78. The Labute approximate surface area is 112 Å². The number of H-pyrrole nitrogens is 2. The minimum absolute atomic E-state index is 0.211. The summed E-state index contributed by atoms with van der Waals surface area (Å²) in [5.41, 5.74) is 5.81. The fraction of sp³-hybridized carbons (Fsp3) is 0.857. The van der Waals surface area contributed by atoms with Crippen LogP contribution in [0.25, 0.3) is 0 Å². The summed E-state index contributed by atoms with van der Waals surface area (Å²) in [7, 11) is 0. The van der Waals surface area contributed by atoms with Gasteiger partial charge in [-0.15, -0.1) is 0 Å². The van der Waals surface area contributed by atoms with Gasteiger partial charge in [0.2, 0.25) is 0 Å². The first-order valence-electron chi connectivity index (χ1n) is 7.59. The van der Waals surface area contributed by atoms with Crippen molar-refractivity contribution in [2.75, 3.05) is 6.54 Å². The highest BCUT2D eigenvalue weighted by molar-refractivity contribution is 5.07. The number of aromatic nitrogens is 3. The van der Waals surface area contributed by atoms with Gasteiger partial charge >= 0.3 is 5.69 Å². The molecule has 4 aliphatic carbocycles. The van der Waals surface area contributed by atoms with Crippen molar-refractivity contribution in [3.05, 3.63) is 16.3 Å². The van der Waals surface area contributed by atoms with Gasteiger partial charge in [-0.05, 0) is 61.7 Å².